The number of anilines is 4. The van der Waals surface area contributed by atoms with Crippen molar-refractivity contribution in [1.82, 2.24) is 25.5 Å². The van der Waals surface area contributed by atoms with Crippen LogP contribution >= 0.6 is 0 Å². The maximum atomic E-state index is 13.0. The molecule has 4 N–H and O–H groups in total. The second-order valence-electron chi connectivity index (χ2n) is 9.23. The summed E-state index contributed by atoms with van der Waals surface area (Å²) in [6.07, 6.45) is 3.11. The lowest BCUT2D eigenvalue weighted by Gasteiger charge is -2.19. The Balaban J connectivity index is 1.54. The van der Waals surface area contributed by atoms with Crippen LogP contribution in [0.2, 0.25) is 0 Å². The largest absolute Gasteiger partial charge is 0.445 e. The summed E-state index contributed by atoms with van der Waals surface area (Å²) in [6.45, 7) is 1.33. The van der Waals surface area contributed by atoms with Gasteiger partial charge in [0.1, 0.15) is 30.6 Å². The molecule has 37 heavy (non-hydrogen) atoms. The number of amides is 2. The fourth-order valence-electron chi connectivity index (χ4n) is 3.92. The third-order valence-electron chi connectivity index (χ3n) is 5.89. The SMILES string of the molecule is CN(C)CCCCC1NC(=O)OCc2ccc(cc2)Nc2cc(ncn2)Nc2cccc(c2)CNC1=O. The summed E-state index contributed by atoms with van der Waals surface area (Å²) in [5, 5.41) is 12.2. The van der Waals surface area contributed by atoms with Gasteiger partial charge in [-0.3, -0.25) is 4.79 Å². The zero-order valence-corrected chi connectivity index (χ0v) is 21.2. The number of fused-ring (bicyclic) bond motifs is 9. The monoisotopic (exact) mass is 503 g/mol. The molecule has 2 aromatic carbocycles. The number of nitrogens with zero attached hydrogens (tertiary/aromatic N) is 3. The van der Waals surface area contributed by atoms with Crippen LogP contribution in [0.15, 0.2) is 60.9 Å². The van der Waals surface area contributed by atoms with Gasteiger partial charge >= 0.3 is 6.09 Å². The van der Waals surface area contributed by atoms with Gasteiger partial charge in [-0.15, -0.1) is 0 Å². The molecule has 0 aliphatic carbocycles. The molecule has 0 spiro atoms. The Morgan fingerprint density at radius 2 is 1.68 bits per heavy atom. The number of rotatable bonds is 5. The Kier molecular flexibility index (Phi) is 8.88. The van der Waals surface area contributed by atoms with Gasteiger partial charge in [0.25, 0.3) is 0 Å². The van der Waals surface area contributed by atoms with Gasteiger partial charge in [0.05, 0.1) is 0 Å². The summed E-state index contributed by atoms with van der Waals surface area (Å²) in [6, 6.07) is 16.3. The molecule has 194 valence electrons. The lowest BCUT2D eigenvalue weighted by Crippen LogP contribution is -2.46. The van der Waals surface area contributed by atoms with E-state index in [9.17, 15) is 9.59 Å². The van der Waals surface area contributed by atoms with Gasteiger partial charge in [0, 0.05) is 24.0 Å². The summed E-state index contributed by atoms with van der Waals surface area (Å²) in [5.41, 5.74) is 3.40. The van der Waals surface area contributed by atoms with Crippen LogP contribution in [0.1, 0.15) is 30.4 Å². The number of hydrogen-bond donors (Lipinski definition) is 4. The number of alkyl carbamates (subject to hydrolysis) is 1. The minimum absolute atomic E-state index is 0.0927. The summed E-state index contributed by atoms with van der Waals surface area (Å²) in [5.74, 6) is 1.03. The van der Waals surface area contributed by atoms with Crippen molar-refractivity contribution in [3.63, 3.8) is 0 Å². The number of carbonyl (C=O) groups is 2. The van der Waals surface area contributed by atoms with Gasteiger partial charge < -0.3 is 30.9 Å². The molecule has 6 bridgehead atoms. The normalized spacial score (nSPS) is 16.1. The first-order valence-electron chi connectivity index (χ1n) is 12.3. The minimum atomic E-state index is -0.687. The average Bonchev–Trinajstić information content (AvgIpc) is 2.88. The maximum Gasteiger partial charge on any atom is 0.408 e. The number of nitrogens with one attached hydrogen (secondary N) is 4. The van der Waals surface area contributed by atoms with E-state index in [-0.39, 0.29) is 12.5 Å². The minimum Gasteiger partial charge on any atom is -0.445 e. The number of benzene rings is 2. The van der Waals surface area contributed by atoms with E-state index in [1.54, 1.807) is 0 Å². The van der Waals surface area contributed by atoms with E-state index in [0.29, 0.717) is 24.6 Å². The Bertz CT molecular complexity index is 1200. The molecule has 10 nitrogen and oxygen atoms in total. The topological polar surface area (TPSA) is 121 Å². The molecule has 2 aliphatic rings. The smallest absolute Gasteiger partial charge is 0.408 e. The first-order valence-corrected chi connectivity index (χ1v) is 12.3. The highest BCUT2D eigenvalue weighted by molar-refractivity contribution is 5.85. The number of ether oxygens (including phenoxy) is 1. The first-order chi connectivity index (χ1) is 17.9. The van der Waals surface area contributed by atoms with Gasteiger partial charge in [-0.1, -0.05) is 24.3 Å². The zero-order valence-electron chi connectivity index (χ0n) is 21.2. The maximum absolute atomic E-state index is 13.0. The fourth-order valence-corrected chi connectivity index (χ4v) is 3.92. The molecule has 3 heterocycles. The van der Waals surface area contributed by atoms with Crippen LogP contribution < -0.4 is 21.3 Å². The van der Waals surface area contributed by atoms with Crippen LogP contribution in [0.25, 0.3) is 0 Å². The van der Waals surface area contributed by atoms with Crippen molar-refractivity contribution in [2.45, 2.75) is 38.5 Å². The van der Waals surface area contributed by atoms with Crippen molar-refractivity contribution in [3.8, 4) is 0 Å². The zero-order chi connectivity index (χ0) is 26.0. The van der Waals surface area contributed by atoms with Crippen LogP contribution in [0.3, 0.4) is 0 Å². The molecular formula is C27H33N7O3. The highest BCUT2D eigenvalue weighted by Gasteiger charge is 2.21. The first kappa shape index (κ1) is 25.9. The van der Waals surface area contributed by atoms with Crippen molar-refractivity contribution in [2.75, 3.05) is 31.3 Å². The second-order valence-corrected chi connectivity index (χ2v) is 9.23. The van der Waals surface area contributed by atoms with Crippen LogP contribution in [0, 0.1) is 0 Å². The van der Waals surface area contributed by atoms with E-state index in [1.807, 2.05) is 68.7 Å². The molecule has 1 unspecified atom stereocenters. The standard InChI is InChI=1S/C27H33N7O3/c1-34(2)13-4-3-8-23-26(35)28-16-20-6-5-7-22(14-20)32-25-15-24(29-18-30-25)31-21-11-9-19(10-12-21)17-37-27(36)33-23/h5-7,9-12,14-15,18,23H,3-4,8,13,16-17H2,1-2H3,(H,28,35)(H,33,36)(H2,29,30,31,32). The van der Waals surface area contributed by atoms with Crippen LogP contribution in [-0.2, 0) is 22.7 Å². The molecule has 0 saturated heterocycles. The summed E-state index contributed by atoms with van der Waals surface area (Å²) in [7, 11) is 4.02. The van der Waals surface area contributed by atoms with Gasteiger partial charge in [-0.05, 0) is 75.3 Å². The predicted octanol–water partition coefficient (Wildman–Crippen LogP) is 3.92. The molecular weight excluding hydrogens is 470 g/mol. The van der Waals surface area contributed by atoms with Crippen molar-refractivity contribution in [3.05, 3.63) is 72.1 Å². The summed E-state index contributed by atoms with van der Waals surface area (Å²) < 4.78 is 5.41. The average molecular weight is 504 g/mol. The van der Waals surface area contributed by atoms with E-state index in [0.717, 1.165) is 41.9 Å². The third-order valence-corrected chi connectivity index (χ3v) is 5.89. The molecule has 5 rings (SSSR count). The molecule has 3 aromatic rings. The van der Waals surface area contributed by atoms with E-state index in [2.05, 4.69) is 36.1 Å². The lowest BCUT2D eigenvalue weighted by molar-refractivity contribution is -0.123. The predicted molar refractivity (Wildman–Crippen MR) is 143 cm³/mol. The van der Waals surface area contributed by atoms with E-state index >= 15 is 0 Å². The van der Waals surface area contributed by atoms with Crippen LogP contribution in [0.5, 0.6) is 0 Å². The van der Waals surface area contributed by atoms with Crippen LogP contribution in [0.4, 0.5) is 27.8 Å². The van der Waals surface area contributed by atoms with Crippen molar-refractivity contribution in [2.24, 2.45) is 0 Å². The van der Waals surface area contributed by atoms with Gasteiger partial charge in [0.2, 0.25) is 5.91 Å². The quantitative estimate of drug-likeness (QED) is 0.387. The molecule has 10 heteroatoms. The van der Waals surface area contributed by atoms with E-state index in [4.69, 9.17) is 4.74 Å². The molecule has 0 fully saturated rings. The third kappa shape index (κ3) is 8.18. The van der Waals surface area contributed by atoms with Crippen molar-refractivity contribution in [1.29, 1.82) is 0 Å². The van der Waals surface area contributed by atoms with Crippen molar-refractivity contribution >= 4 is 35.0 Å². The number of hydrogen-bond acceptors (Lipinski definition) is 8. The molecule has 0 saturated carbocycles. The molecule has 1 atom stereocenters. The molecule has 0 radical (unpaired) electrons. The van der Waals surface area contributed by atoms with E-state index in [1.165, 1.54) is 6.33 Å². The Hall–Kier alpha value is -4.18. The molecule has 1 aromatic heterocycles. The molecule has 2 amide bonds. The number of carbonyl (C=O) groups excluding carboxylic acids is 2. The second kappa shape index (κ2) is 12.7. The van der Waals surface area contributed by atoms with Crippen molar-refractivity contribution < 1.29 is 14.3 Å². The molecule has 2 aliphatic heterocycles. The highest BCUT2D eigenvalue weighted by Crippen LogP contribution is 2.21. The van der Waals surface area contributed by atoms with Gasteiger partial charge in [-0.25, -0.2) is 14.8 Å². The summed E-state index contributed by atoms with van der Waals surface area (Å²) in [4.78, 5) is 36.3. The Labute approximate surface area is 216 Å². The Morgan fingerprint density at radius 3 is 2.43 bits per heavy atom. The number of aromatic nitrogens is 2. The highest BCUT2D eigenvalue weighted by atomic mass is 16.5. The Morgan fingerprint density at radius 1 is 0.919 bits per heavy atom. The number of unbranched alkanes of at least 4 members (excludes halogenated alkanes) is 1. The van der Waals surface area contributed by atoms with E-state index < -0.39 is 12.1 Å². The van der Waals surface area contributed by atoms with Gasteiger partial charge in [-0.2, -0.15) is 0 Å². The van der Waals surface area contributed by atoms with Crippen LogP contribution in [-0.4, -0.2) is 53.6 Å². The summed E-state index contributed by atoms with van der Waals surface area (Å²) >= 11 is 0. The fraction of sp³-hybridized carbons (Fsp3) is 0.333. The van der Waals surface area contributed by atoms with Gasteiger partial charge in [0.15, 0.2) is 0 Å². The lowest BCUT2D eigenvalue weighted by atomic mass is 10.1.